The average molecular weight is 273 g/mol. The molecule has 0 aliphatic rings. The SMILES string of the molecule is CCC(CC)c1ccc(-c2ccc(C)c(Cl)c2)cc1. The first-order valence-electron chi connectivity index (χ1n) is 7.02. The van der Waals surface area contributed by atoms with Crippen molar-refractivity contribution >= 4 is 11.6 Å². The van der Waals surface area contributed by atoms with Crippen LogP contribution in [0.25, 0.3) is 11.1 Å². The third-order valence-corrected chi connectivity index (χ3v) is 4.28. The van der Waals surface area contributed by atoms with E-state index in [1.165, 1.54) is 29.5 Å². The first kappa shape index (κ1) is 14.1. The predicted octanol–water partition coefficient (Wildman–Crippen LogP) is 6.22. The van der Waals surface area contributed by atoms with E-state index < -0.39 is 0 Å². The first-order chi connectivity index (χ1) is 9.15. The van der Waals surface area contributed by atoms with Gasteiger partial charge in [0.05, 0.1) is 0 Å². The zero-order valence-electron chi connectivity index (χ0n) is 11.9. The van der Waals surface area contributed by atoms with Gasteiger partial charge in [-0.05, 0) is 54.0 Å². The Morgan fingerprint density at radius 2 is 1.47 bits per heavy atom. The van der Waals surface area contributed by atoms with E-state index in [9.17, 15) is 0 Å². The fourth-order valence-electron chi connectivity index (χ4n) is 2.48. The van der Waals surface area contributed by atoms with Crippen molar-refractivity contribution in [3.05, 3.63) is 58.6 Å². The lowest BCUT2D eigenvalue weighted by Gasteiger charge is -2.13. The monoisotopic (exact) mass is 272 g/mol. The second-order valence-electron chi connectivity index (χ2n) is 5.10. The summed E-state index contributed by atoms with van der Waals surface area (Å²) < 4.78 is 0. The van der Waals surface area contributed by atoms with Crippen LogP contribution in [0.4, 0.5) is 0 Å². The minimum Gasteiger partial charge on any atom is -0.0840 e. The van der Waals surface area contributed by atoms with Crippen LogP contribution in [0.15, 0.2) is 42.5 Å². The molecule has 0 unspecified atom stereocenters. The molecule has 0 nitrogen and oxygen atoms in total. The Bertz CT molecular complexity index is 536. The Morgan fingerprint density at radius 1 is 0.895 bits per heavy atom. The number of hydrogen-bond donors (Lipinski definition) is 0. The van der Waals surface area contributed by atoms with Crippen molar-refractivity contribution in [3.63, 3.8) is 0 Å². The lowest BCUT2D eigenvalue weighted by molar-refractivity contribution is 0.642. The van der Waals surface area contributed by atoms with Crippen molar-refractivity contribution in [2.45, 2.75) is 39.5 Å². The van der Waals surface area contributed by atoms with Crippen molar-refractivity contribution in [3.8, 4) is 11.1 Å². The van der Waals surface area contributed by atoms with Crippen LogP contribution in [0.5, 0.6) is 0 Å². The number of rotatable bonds is 4. The molecule has 0 saturated heterocycles. The third kappa shape index (κ3) is 3.19. The number of hydrogen-bond acceptors (Lipinski definition) is 0. The Kier molecular flexibility index (Phi) is 4.66. The molecule has 0 N–H and O–H groups in total. The van der Waals surface area contributed by atoms with Gasteiger partial charge in [-0.3, -0.25) is 0 Å². The van der Waals surface area contributed by atoms with Crippen LogP contribution in [-0.2, 0) is 0 Å². The quantitative estimate of drug-likeness (QED) is 0.620. The molecule has 2 aromatic carbocycles. The molecule has 0 radical (unpaired) electrons. The maximum absolute atomic E-state index is 6.19. The van der Waals surface area contributed by atoms with Gasteiger partial charge in [-0.15, -0.1) is 0 Å². The fourth-order valence-corrected chi connectivity index (χ4v) is 2.66. The summed E-state index contributed by atoms with van der Waals surface area (Å²) in [5.74, 6) is 0.677. The minimum absolute atomic E-state index is 0.677. The molecule has 0 atom stereocenters. The second-order valence-corrected chi connectivity index (χ2v) is 5.51. The van der Waals surface area contributed by atoms with E-state index in [0.717, 1.165) is 10.6 Å². The molecule has 1 heteroatoms. The van der Waals surface area contributed by atoms with Crippen molar-refractivity contribution in [1.29, 1.82) is 0 Å². The standard InChI is InChI=1S/C18H21Cl/c1-4-14(5-2)15-8-10-16(11-9-15)17-7-6-13(3)18(19)12-17/h6-12,14H,4-5H2,1-3H3. The van der Waals surface area contributed by atoms with Gasteiger partial charge in [-0.1, -0.05) is 61.8 Å². The summed E-state index contributed by atoms with van der Waals surface area (Å²) in [6, 6.07) is 15.2. The molecule has 0 spiro atoms. The van der Waals surface area contributed by atoms with Crippen molar-refractivity contribution < 1.29 is 0 Å². The molecular formula is C18H21Cl. The van der Waals surface area contributed by atoms with E-state index in [1.807, 2.05) is 13.0 Å². The van der Waals surface area contributed by atoms with E-state index in [2.05, 4.69) is 50.2 Å². The molecular weight excluding hydrogens is 252 g/mol. The maximum atomic E-state index is 6.19. The lowest BCUT2D eigenvalue weighted by atomic mass is 9.92. The van der Waals surface area contributed by atoms with Crippen LogP contribution in [-0.4, -0.2) is 0 Å². The van der Waals surface area contributed by atoms with Crippen molar-refractivity contribution in [1.82, 2.24) is 0 Å². The molecule has 100 valence electrons. The highest BCUT2D eigenvalue weighted by atomic mass is 35.5. The van der Waals surface area contributed by atoms with Crippen molar-refractivity contribution in [2.75, 3.05) is 0 Å². The van der Waals surface area contributed by atoms with E-state index in [-0.39, 0.29) is 0 Å². The Balaban J connectivity index is 2.29. The Labute approximate surface area is 121 Å². The van der Waals surface area contributed by atoms with E-state index >= 15 is 0 Å². The number of benzene rings is 2. The van der Waals surface area contributed by atoms with E-state index in [1.54, 1.807) is 0 Å². The van der Waals surface area contributed by atoms with Gasteiger partial charge < -0.3 is 0 Å². The van der Waals surface area contributed by atoms with Crippen LogP contribution in [0.2, 0.25) is 5.02 Å². The lowest BCUT2D eigenvalue weighted by Crippen LogP contribution is -1.94. The van der Waals surface area contributed by atoms with Gasteiger partial charge in [0.25, 0.3) is 0 Å². The minimum atomic E-state index is 0.677. The highest BCUT2D eigenvalue weighted by Gasteiger charge is 2.07. The first-order valence-corrected chi connectivity index (χ1v) is 7.40. The molecule has 0 amide bonds. The molecule has 19 heavy (non-hydrogen) atoms. The van der Waals surface area contributed by atoms with Crippen LogP contribution in [0, 0.1) is 6.92 Å². The summed E-state index contributed by atoms with van der Waals surface area (Å²) in [6.07, 6.45) is 2.40. The normalized spacial score (nSPS) is 11.0. The van der Waals surface area contributed by atoms with Crippen LogP contribution in [0.1, 0.15) is 43.7 Å². The fraction of sp³-hybridized carbons (Fsp3) is 0.333. The summed E-state index contributed by atoms with van der Waals surface area (Å²) in [7, 11) is 0. The summed E-state index contributed by atoms with van der Waals surface area (Å²) >= 11 is 6.19. The highest BCUT2D eigenvalue weighted by molar-refractivity contribution is 6.31. The van der Waals surface area contributed by atoms with Crippen LogP contribution >= 0.6 is 11.6 Å². The molecule has 0 bridgehead atoms. The number of halogens is 1. The summed E-state index contributed by atoms with van der Waals surface area (Å²) in [4.78, 5) is 0. The summed E-state index contributed by atoms with van der Waals surface area (Å²) in [5.41, 5.74) is 4.98. The molecule has 0 saturated carbocycles. The summed E-state index contributed by atoms with van der Waals surface area (Å²) in [5, 5.41) is 0.835. The van der Waals surface area contributed by atoms with E-state index in [4.69, 9.17) is 11.6 Å². The van der Waals surface area contributed by atoms with Gasteiger partial charge in [0, 0.05) is 5.02 Å². The number of aryl methyl sites for hydroxylation is 1. The van der Waals surface area contributed by atoms with Gasteiger partial charge in [-0.25, -0.2) is 0 Å². The van der Waals surface area contributed by atoms with Crippen LogP contribution < -0.4 is 0 Å². The van der Waals surface area contributed by atoms with E-state index in [0.29, 0.717) is 5.92 Å². The zero-order chi connectivity index (χ0) is 13.8. The molecule has 2 rings (SSSR count). The smallest absolute Gasteiger partial charge is 0.0441 e. The van der Waals surface area contributed by atoms with Crippen LogP contribution in [0.3, 0.4) is 0 Å². The third-order valence-electron chi connectivity index (χ3n) is 3.87. The highest BCUT2D eigenvalue weighted by Crippen LogP contribution is 2.28. The Hall–Kier alpha value is -1.27. The molecule has 0 aliphatic heterocycles. The van der Waals surface area contributed by atoms with Gasteiger partial charge in [-0.2, -0.15) is 0 Å². The molecule has 0 heterocycles. The maximum Gasteiger partial charge on any atom is 0.0441 e. The Morgan fingerprint density at radius 3 is 2.00 bits per heavy atom. The molecule has 0 aromatic heterocycles. The molecule has 0 aliphatic carbocycles. The van der Waals surface area contributed by atoms with Gasteiger partial charge in [0.15, 0.2) is 0 Å². The summed E-state index contributed by atoms with van der Waals surface area (Å²) in [6.45, 7) is 6.53. The second kappa shape index (κ2) is 6.25. The van der Waals surface area contributed by atoms with Crippen molar-refractivity contribution in [2.24, 2.45) is 0 Å². The van der Waals surface area contributed by atoms with Gasteiger partial charge in [0.1, 0.15) is 0 Å². The predicted molar refractivity (Wildman–Crippen MR) is 84.9 cm³/mol. The zero-order valence-corrected chi connectivity index (χ0v) is 12.7. The molecule has 2 aromatic rings. The average Bonchev–Trinajstić information content (AvgIpc) is 2.44. The van der Waals surface area contributed by atoms with Gasteiger partial charge >= 0.3 is 0 Å². The molecule has 0 fully saturated rings. The topological polar surface area (TPSA) is 0 Å². The largest absolute Gasteiger partial charge is 0.0840 e. The van der Waals surface area contributed by atoms with Gasteiger partial charge in [0.2, 0.25) is 0 Å².